The fourth-order valence-corrected chi connectivity index (χ4v) is 3.54. The van der Waals surface area contributed by atoms with E-state index in [1.807, 2.05) is 39.8 Å². The SMILES string of the molecule is Cc1ccc(C(=O)N[C@@H](C)c2sc(C)nc2C)s1. The number of aryl methyl sites for hydroxylation is 3. The quantitative estimate of drug-likeness (QED) is 0.933. The van der Waals surface area contributed by atoms with E-state index in [9.17, 15) is 4.79 Å². The Bertz CT molecular complexity index is 571. The fraction of sp³-hybridized carbons (Fsp3) is 0.385. The largest absolute Gasteiger partial charge is 0.344 e. The van der Waals surface area contributed by atoms with Gasteiger partial charge in [0.15, 0.2) is 0 Å². The summed E-state index contributed by atoms with van der Waals surface area (Å²) in [5, 5.41) is 4.06. The van der Waals surface area contributed by atoms with E-state index in [0.29, 0.717) is 0 Å². The first-order chi connectivity index (χ1) is 8.47. The third-order valence-corrected chi connectivity index (χ3v) is 4.90. The number of hydrogen-bond donors (Lipinski definition) is 1. The van der Waals surface area contributed by atoms with E-state index in [1.165, 1.54) is 11.3 Å². The zero-order valence-electron chi connectivity index (χ0n) is 10.9. The molecule has 0 saturated carbocycles. The van der Waals surface area contributed by atoms with Crippen LogP contribution < -0.4 is 5.32 Å². The molecule has 2 aromatic heterocycles. The fourth-order valence-electron chi connectivity index (χ4n) is 1.84. The van der Waals surface area contributed by atoms with Crippen molar-refractivity contribution in [3.63, 3.8) is 0 Å². The zero-order chi connectivity index (χ0) is 13.3. The first-order valence-corrected chi connectivity index (χ1v) is 7.42. The van der Waals surface area contributed by atoms with Crippen LogP contribution in [0.4, 0.5) is 0 Å². The van der Waals surface area contributed by atoms with Crippen LogP contribution in [0.15, 0.2) is 12.1 Å². The molecule has 0 aliphatic rings. The lowest BCUT2D eigenvalue weighted by Gasteiger charge is -2.11. The molecule has 0 radical (unpaired) electrons. The molecule has 3 nitrogen and oxygen atoms in total. The molecule has 0 aliphatic heterocycles. The van der Waals surface area contributed by atoms with Crippen LogP contribution in [0.2, 0.25) is 0 Å². The number of nitrogens with zero attached hydrogens (tertiary/aromatic N) is 1. The number of aromatic nitrogens is 1. The first kappa shape index (κ1) is 13.2. The predicted molar refractivity (Wildman–Crippen MR) is 76.5 cm³/mol. The van der Waals surface area contributed by atoms with Crippen molar-refractivity contribution in [2.24, 2.45) is 0 Å². The Labute approximate surface area is 115 Å². The second-order valence-electron chi connectivity index (χ2n) is 4.29. The highest BCUT2D eigenvalue weighted by atomic mass is 32.1. The predicted octanol–water partition coefficient (Wildman–Crippen LogP) is 3.62. The summed E-state index contributed by atoms with van der Waals surface area (Å²) in [6.07, 6.45) is 0. The van der Waals surface area contributed by atoms with Gasteiger partial charge in [-0.25, -0.2) is 4.98 Å². The Kier molecular flexibility index (Phi) is 3.82. The van der Waals surface area contributed by atoms with Gasteiger partial charge in [0.2, 0.25) is 0 Å². The molecule has 1 atom stereocenters. The van der Waals surface area contributed by atoms with Crippen molar-refractivity contribution in [3.8, 4) is 0 Å². The van der Waals surface area contributed by atoms with Gasteiger partial charge in [-0.15, -0.1) is 22.7 Å². The second kappa shape index (κ2) is 5.20. The highest BCUT2D eigenvalue weighted by Gasteiger charge is 2.16. The van der Waals surface area contributed by atoms with Crippen LogP contribution in [0.25, 0.3) is 0 Å². The Morgan fingerprint density at radius 3 is 2.50 bits per heavy atom. The normalized spacial score (nSPS) is 12.4. The van der Waals surface area contributed by atoms with Gasteiger partial charge < -0.3 is 5.32 Å². The molecule has 0 spiro atoms. The first-order valence-electron chi connectivity index (χ1n) is 5.78. The molecule has 0 fully saturated rings. The monoisotopic (exact) mass is 280 g/mol. The molecule has 1 amide bonds. The summed E-state index contributed by atoms with van der Waals surface area (Å²) in [4.78, 5) is 19.5. The van der Waals surface area contributed by atoms with Crippen LogP contribution in [-0.4, -0.2) is 10.9 Å². The summed E-state index contributed by atoms with van der Waals surface area (Å²) < 4.78 is 0. The summed E-state index contributed by atoms with van der Waals surface area (Å²) in [6.45, 7) is 7.97. The summed E-state index contributed by atoms with van der Waals surface area (Å²) in [6, 6.07) is 3.84. The number of carbonyl (C=O) groups is 1. The maximum Gasteiger partial charge on any atom is 0.261 e. The molecule has 0 saturated heterocycles. The molecule has 0 bridgehead atoms. The van der Waals surface area contributed by atoms with Crippen LogP contribution in [0.1, 0.15) is 43.1 Å². The van der Waals surface area contributed by atoms with Crippen molar-refractivity contribution in [1.82, 2.24) is 10.3 Å². The van der Waals surface area contributed by atoms with Gasteiger partial charge in [-0.2, -0.15) is 0 Å². The van der Waals surface area contributed by atoms with Gasteiger partial charge in [-0.05, 0) is 39.8 Å². The van der Waals surface area contributed by atoms with Gasteiger partial charge in [0.25, 0.3) is 5.91 Å². The summed E-state index contributed by atoms with van der Waals surface area (Å²) in [5.74, 6) is -0.00828. The number of thiazole rings is 1. The molecule has 0 aromatic carbocycles. The van der Waals surface area contributed by atoms with Gasteiger partial charge in [0.05, 0.1) is 21.6 Å². The number of hydrogen-bond acceptors (Lipinski definition) is 4. The van der Waals surface area contributed by atoms with Crippen LogP contribution >= 0.6 is 22.7 Å². The molecular formula is C13H16N2OS2. The summed E-state index contributed by atoms with van der Waals surface area (Å²) in [7, 11) is 0. The van der Waals surface area contributed by atoms with Crippen LogP contribution in [-0.2, 0) is 0 Å². The Balaban J connectivity index is 2.10. The molecule has 2 rings (SSSR count). The lowest BCUT2D eigenvalue weighted by molar-refractivity contribution is 0.0944. The van der Waals surface area contributed by atoms with Crippen LogP contribution in [0.5, 0.6) is 0 Å². The Hall–Kier alpha value is -1.20. The standard InChI is InChI=1S/C13H16N2OS2/c1-7-5-6-11(17-7)13(16)15-9(3)12-8(2)14-10(4)18-12/h5-6,9H,1-4H3,(H,15,16)/t9-/m0/s1. The average molecular weight is 280 g/mol. The molecule has 1 N–H and O–H groups in total. The van der Waals surface area contributed by atoms with Gasteiger partial charge in [-0.3, -0.25) is 4.79 Å². The molecule has 0 unspecified atom stereocenters. The summed E-state index contributed by atoms with van der Waals surface area (Å²) in [5.41, 5.74) is 1.01. The van der Waals surface area contributed by atoms with Crippen molar-refractivity contribution in [3.05, 3.63) is 37.5 Å². The second-order valence-corrected chi connectivity index (χ2v) is 6.81. The van der Waals surface area contributed by atoms with Crippen LogP contribution in [0, 0.1) is 20.8 Å². The average Bonchev–Trinajstić information content (AvgIpc) is 2.84. The maximum absolute atomic E-state index is 12.0. The molecule has 5 heteroatoms. The van der Waals surface area contributed by atoms with E-state index in [4.69, 9.17) is 0 Å². The number of carbonyl (C=O) groups excluding carboxylic acids is 1. The minimum Gasteiger partial charge on any atom is -0.344 e. The van der Waals surface area contributed by atoms with E-state index >= 15 is 0 Å². The van der Waals surface area contributed by atoms with Gasteiger partial charge in [-0.1, -0.05) is 0 Å². The number of amides is 1. The van der Waals surface area contributed by atoms with Crippen molar-refractivity contribution >= 4 is 28.6 Å². The third kappa shape index (κ3) is 2.79. The molecule has 2 aromatic rings. The highest BCUT2D eigenvalue weighted by molar-refractivity contribution is 7.14. The minimum atomic E-state index is -0.00828. The topological polar surface area (TPSA) is 42.0 Å². The van der Waals surface area contributed by atoms with E-state index in [2.05, 4.69) is 10.3 Å². The molecule has 2 heterocycles. The summed E-state index contributed by atoms with van der Waals surface area (Å²) >= 11 is 3.16. The van der Waals surface area contributed by atoms with Gasteiger partial charge in [0, 0.05) is 9.75 Å². The zero-order valence-corrected chi connectivity index (χ0v) is 12.5. The van der Waals surface area contributed by atoms with E-state index < -0.39 is 0 Å². The number of thiophene rings is 1. The lowest BCUT2D eigenvalue weighted by atomic mass is 10.2. The lowest BCUT2D eigenvalue weighted by Crippen LogP contribution is -2.25. The Morgan fingerprint density at radius 2 is 2.00 bits per heavy atom. The minimum absolute atomic E-state index is 0.00565. The molecule has 18 heavy (non-hydrogen) atoms. The molecule has 0 aliphatic carbocycles. The maximum atomic E-state index is 12.0. The van der Waals surface area contributed by atoms with Crippen molar-refractivity contribution in [2.45, 2.75) is 33.7 Å². The molecule has 96 valence electrons. The van der Waals surface area contributed by atoms with Gasteiger partial charge >= 0.3 is 0 Å². The molecular weight excluding hydrogens is 264 g/mol. The van der Waals surface area contributed by atoms with Crippen molar-refractivity contribution in [2.75, 3.05) is 0 Å². The smallest absolute Gasteiger partial charge is 0.261 e. The highest BCUT2D eigenvalue weighted by Crippen LogP contribution is 2.25. The van der Waals surface area contributed by atoms with E-state index in [1.54, 1.807) is 11.3 Å². The third-order valence-electron chi connectivity index (χ3n) is 2.64. The Morgan fingerprint density at radius 1 is 1.28 bits per heavy atom. The van der Waals surface area contributed by atoms with E-state index in [0.717, 1.165) is 25.3 Å². The van der Waals surface area contributed by atoms with Crippen molar-refractivity contribution < 1.29 is 4.79 Å². The van der Waals surface area contributed by atoms with E-state index in [-0.39, 0.29) is 11.9 Å². The van der Waals surface area contributed by atoms with Gasteiger partial charge in [0.1, 0.15) is 0 Å². The van der Waals surface area contributed by atoms with Crippen LogP contribution in [0.3, 0.4) is 0 Å². The number of rotatable bonds is 3. The van der Waals surface area contributed by atoms with Crippen molar-refractivity contribution in [1.29, 1.82) is 0 Å². The number of nitrogens with one attached hydrogen (secondary N) is 1.